The molecule has 3 aromatic rings. The zero-order chi connectivity index (χ0) is 21.8. The number of aryl methyl sites for hydroxylation is 3. The molecule has 0 unspecified atom stereocenters. The van der Waals surface area contributed by atoms with Gasteiger partial charge in [0.1, 0.15) is 5.03 Å². The maximum Gasteiger partial charge on any atom is 0.227 e. The third kappa shape index (κ3) is 5.44. The molecule has 5 nitrogen and oxygen atoms in total. The number of nitrogens with zero attached hydrogens (tertiary/aromatic N) is 3. The molecule has 0 aliphatic carbocycles. The number of carbonyl (C=O) groups is 1. The van der Waals surface area contributed by atoms with Gasteiger partial charge in [0.2, 0.25) is 5.91 Å². The molecule has 6 heteroatoms. The quantitative estimate of drug-likeness (QED) is 0.584. The SMILES string of the molecule is Cc1ccc(Sc2nccnc2N2CCC(C(=O)Nc3cc(C)cc(C)c3)CC2)cc1. The van der Waals surface area contributed by atoms with E-state index in [1.54, 1.807) is 24.2 Å². The van der Waals surface area contributed by atoms with Crippen molar-refractivity contribution < 1.29 is 4.79 Å². The Kier molecular flexibility index (Phi) is 6.56. The highest BCUT2D eigenvalue weighted by Crippen LogP contribution is 2.34. The van der Waals surface area contributed by atoms with Crippen LogP contribution in [0.4, 0.5) is 11.5 Å². The van der Waals surface area contributed by atoms with E-state index in [2.05, 4.69) is 57.4 Å². The Morgan fingerprint density at radius 3 is 2.26 bits per heavy atom. The van der Waals surface area contributed by atoms with Gasteiger partial charge in [-0.2, -0.15) is 0 Å². The number of carbonyl (C=O) groups excluding carboxylic acids is 1. The average molecular weight is 433 g/mol. The molecule has 1 fully saturated rings. The molecule has 1 aliphatic heterocycles. The maximum absolute atomic E-state index is 12.8. The predicted molar refractivity (Wildman–Crippen MR) is 127 cm³/mol. The third-order valence-electron chi connectivity index (χ3n) is 5.54. The van der Waals surface area contributed by atoms with Crippen LogP contribution in [0.5, 0.6) is 0 Å². The summed E-state index contributed by atoms with van der Waals surface area (Å²) in [5.74, 6) is 1.03. The van der Waals surface area contributed by atoms with Crippen LogP contribution in [0.25, 0.3) is 0 Å². The van der Waals surface area contributed by atoms with Crippen molar-refractivity contribution in [3.63, 3.8) is 0 Å². The van der Waals surface area contributed by atoms with Crippen LogP contribution in [0.3, 0.4) is 0 Å². The van der Waals surface area contributed by atoms with Gasteiger partial charge in [-0.1, -0.05) is 35.5 Å². The normalized spacial score (nSPS) is 14.5. The Labute approximate surface area is 188 Å². The minimum Gasteiger partial charge on any atom is -0.354 e. The first-order chi connectivity index (χ1) is 15.0. The number of piperidine rings is 1. The molecular formula is C25H28N4OS. The van der Waals surface area contributed by atoms with Crippen molar-refractivity contribution in [1.29, 1.82) is 0 Å². The van der Waals surface area contributed by atoms with Crippen LogP contribution in [-0.2, 0) is 4.79 Å². The summed E-state index contributed by atoms with van der Waals surface area (Å²) in [6.07, 6.45) is 5.10. The Hall–Kier alpha value is -2.86. The van der Waals surface area contributed by atoms with Crippen LogP contribution < -0.4 is 10.2 Å². The summed E-state index contributed by atoms with van der Waals surface area (Å²) < 4.78 is 0. The van der Waals surface area contributed by atoms with Gasteiger partial charge >= 0.3 is 0 Å². The van der Waals surface area contributed by atoms with Crippen LogP contribution in [0.2, 0.25) is 0 Å². The van der Waals surface area contributed by atoms with Gasteiger partial charge in [0.05, 0.1) is 0 Å². The van der Waals surface area contributed by atoms with E-state index in [4.69, 9.17) is 0 Å². The van der Waals surface area contributed by atoms with E-state index < -0.39 is 0 Å². The van der Waals surface area contributed by atoms with E-state index >= 15 is 0 Å². The van der Waals surface area contributed by atoms with Crippen LogP contribution in [0.15, 0.2) is 64.8 Å². The van der Waals surface area contributed by atoms with Gasteiger partial charge in [0.25, 0.3) is 0 Å². The first-order valence-electron chi connectivity index (χ1n) is 10.7. The Morgan fingerprint density at radius 1 is 0.935 bits per heavy atom. The number of anilines is 2. The van der Waals surface area contributed by atoms with Crippen LogP contribution in [0.1, 0.15) is 29.5 Å². The molecule has 160 valence electrons. The highest BCUT2D eigenvalue weighted by atomic mass is 32.2. The van der Waals surface area contributed by atoms with Gasteiger partial charge in [0, 0.05) is 42.0 Å². The van der Waals surface area contributed by atoms with Crippen LogP contribution in [-0.4, -0.2) is 29.0 Å². The van der Waals surface area contributed by atoms with Crippen molar-refractivity contribution in [1.82, 2.24) is 9.97 Å². The molecular weight excluding hydrogens is 404 g/mol. The van der Waals surface area contributed by atoms with E-state index in [-0.39, 0.29) is 11.8 Å². The largest absolute Gasteiger partial charge is 0.354 e. The monoisotopic (exact) mass is 432 g/mol. The minimum atomic E-state index is 0.0157. The molecule has 2 heterocycles. The molecule has 1 N–H and O–H groups in total. The molecule has 4 rings (SSSR count). The molecule has 0 saturated carbocycles. The molecule has 0 radical (unpaired) electrons. The summed E-state index contributed by atoms with van der Waals surface area (Å²) in [4.78, 5) is 25.4. The number of amides is 1. The van der Waals surface area contributed by atoms with E-state index in [1.165, 1.54) is 5.56 Å². The molecule has 0 atom stereocenters. The Bertz CT molecular complexity index is 1040. The summed E-state index contributed by atoms with van der Waals surface area (Å²) in [6, 6.07) is 14.6. The molecule has 2 aromatic carbocycles. The molecule has 1 amide bonds. The summed E-state index contributed by atoms with van der Waals surface area (Å²) in [5, 5.41) is 4.01. The fourth-order valence-electron chi connectivity index (χ4n) is 3.97. The number of nitrogens with one attached hydrogen (secondary N) is 1. The highest BCUT2D eigenvalue weighted by Gasteiger charge is 2.27. The fraction of sp³-hybridized carbons (Fsp3) is 0.320. The van der Waals surface area contributed by atoms with Crippen molar-refractivity contribution in [2.75, 3.05) is 23.3 Å². The van der Waals surface area contributed by atoms with E-state index in [0.717, 1.165) is 58.5 Å². The lowest BCUT2D eigenvalue weighted by Crippen LogP contribution is -2.38. The molecule has 0 spiro atoms. The van der Waals surface area contributed by atoms with Gasteiger partial charge in [-0.15, -0.1) is 0 Å². The molecule has 0 bridgehead atoms. The lowest BCUT2D eigenvalue weighted by atomic mass is 9.95. The van der Waals surface area contributed by atoms with Crippen LogP contribution >= 0.6 is 11.8 Å². The topological polar surface area (TPSA) is 58.1 Å². The van der Waals surface area contributed by atoms with Crippen molar-refractivity contribution in [3.8, 4) is 0 Å². The zero-order valence-corrected chi connectivity index (χ0v) is 19.1. The number of hydrogen-bond acceptors (Lipinski definition) is 5. The van der Waals surface area contributed by atoms with E-state index in [9.17, 15) is 4.79 Å². The third-order valence-corrected chi connectivity index (χ3v) is 6.53. The minimum absolute atomic E-state index is 0.0157. The second-order valence-electron chi connectivity index (χ2n) is 8.23. The summed E-state index contributed by atoms with van der Waals surface area (Å²) in [6.45, 7) is 7.78. The number of benzene rings is 2. The predicted octanol–water partition coefficient (Wildman–Crippen LogP) is 5.41. The van der Waals surface area contributed by atoms with E-state index in [1.807, 2.05) is 26.0 Å². The molecule has 1 saturated heterocycles. The number of aromatic nitrogens is 2. The Morgan fingerprint density at radius 2 is 1.58 bits per heavy atom. The molecule has 31 heavy (non-hydrogen) atoms. The first-order valence-corrected chi connectivity index (χ1v) is 11.5. The van der Waals surface area contributed by atoms with Gasteiger partial charge in [-0.05, 0) is 69.0 Å². The molecule has 1 aliphatic rings. The molecule has 1 aromatic heterocycles. The van der Waals surface area contributed by atoms with Crippen molar-refractivity contribution in [2.45, 2.75) is 43.5 Å². The number of hydrogen-bond donors (Lipinski definition) is 1. The van der Waals surface area contributed by atoms with Crippen molar-refractivity contribution in [3.05, 3.63) is 71.5 Å². The van der Waals surface area contributed by atoms with Crippen LogP contribution in [0, 0.1) is 26.7 Å². The second-order valence-corrected chi connectivity index (χ2v) is 9.29. The lowest BCUT2D eigenvalue weighted by molar-refractivity contribution is -0.120. The number of rotatable bonds is 5. The second kappa shape index (κ2) is 9.52. The average Bonchev–Trinajstić information content (AvgIpc) is 2.75. The van der Waals surface area contributed by atoms with E-state index in [0.29, 0.717) is 0 Å². The zero-order valence-electron chi connectivity index (χ0n) is 18.3. The maximum atomic E-state index is 12.8. The summed E-state index contributed by atoms with van der Waals surface area (Å²) in [5.41, 5.74) is 4.44. The lowest BCUT2D eigenvalue weighted by Gasteiger charge is -2.32. The fourth-order valence-corrected chi connectivity index (χ4v) is 4.85. The summed E-state index contributed by atoms with van der Waals surface area (Å²) >= 11 is 1.63. The smallest absolute Gasteiger partial charge is 0.227 e. The van der Waals surface area contributed by atoms with Gasteiger partial charge in [-0.25, -0.2) is 9.97 Å². The van der Waals surface area contributed by atoms with Gasteiger partial charge in [0.15, 0.2) is 5.82 Å². The summed E-state index contributed by atoms with van der Waals surface area (Å²) in [7, 11) is 0. The highest BCUT2D eigenvalue weighted by molar-refractivity contribution is 7.99. The van der Waals surface area contributed by atoms with Gasteiger partial charge < -0.3 is 10.2 Å². The first kappa shape index (κ1) is 21.4. The van der Waals surface area contributed by atoms with Crippen molar-refractivity contribution >= 4 is 29.2 Å². The standard InChI is InChI=1S/C25H28N4OS/c1-17-4-6-22(7-5-17)31-25-23(26-10-11-27-25)29-12-8-20(9-13-29)24(30)28-21-15-18(2)14-19(3)16-21/h4-7,10-11,14-16,20H,8-9,12-13H2,1-3H3,(H,28,30). The Balaban J connectivity index is 1.39. The van der Waals surface area contributed by atoms with Gasteiger partial charge in [-0.3, -0.25) is 4.79 Å². The van der Waals surface area contributed by atoms with Crippen molar-refractivity contribution in [2.24, 2.45) is 5.92 Å².